The van der Waals surface area contributed by atoms with Gasteiger partial charge in [0.2, 0.25) is 0 Å². The van der Waals surface area contributed by atoms with Crippen LogP contribution in [-0.4, -0.2) is 30.5 Å². The van der Waals surface area contributed by atoms with Crippen molar-refractivity contribution in [3.8, 4) is 5.75 Å². The number of methoxy groups -OCH3 is 1. The van der Waals surface area contributed by atoms with Gasteiger partial charge in [0, 0.05) is 18.3 Å². The van der Waals surface area contributed by atoms with Crippen molar-refractivity contribution in [2.45, 2.75) is 32.7 Å². The van der Waals surface area contributed by atoms with Crippen molar-refractivity contribution in [1.29, 1.82) is 0 Å². The first-order chi connectivity index (χ1) is 9.02. The number of ether oxygens (including phenoxy) is 1. The average Bonchev–Trinajstić information content (AvgIpc) is 3.19. The van der Waals surface area contributed by atoms with Crippen molar-refractivity contribution >= 4 is 11.6 Å². The summed E-state index contributed by atoms with van der Waals surface area (Å²) in [4.78, 5) is 14.6. The highest BCUT2D eigenvalue weighted by Crippen LogP contribution is 2.31. The number of anilines is 1. The number of carbonyl (C=O) groups is 1. The molecule has 2 rings (SSSR count). The van der Waals surface area contributed by atoms with Crippen LogP contribution in [-0.2, 0) is 0 Å². The van der Waals surface area contributed by atoms with Crippen molar-refractivity contribution in [3.63, 3.8) is 0 Å². The van der Waals surface area contributed by atoms with Crippen LogP contribution >= 0.6 is 0 Å². The largest absolute Gasteiger partial charge is 0.496 e. The van der Waals surface area contributed by atoms with Gasteiger partial charge in [-0.15, -0.1) is 0 Å². The van der Waals surface area contributed by atoms with Gasteiger partial charge in [-0.1, -0.05) is 13.8 Å². The summed E-state index contributed by atoms with van der Waals surface area (Å²) in [6, 6.07) is 5.60. The Morgan fingerprint density at radius 3 is 2.68 bits per heavy atom. The molecule has 0 aliphatic heterocycles. The molecule has 0 unspecified atom stereocenters. The second-order valence-corrected chi connectivity index (χ2v) is 5.54. The Bertz CT molecular complexity index is 467. The van der Waals surface area contributed by atoms with E-state index in [2.05, 4.69) is 13.8 Å². The first kappa shape index (κ1) is 13.7. The van der Waals surface area contributed by atoms with Gasteiger partial charge in [-0.2, -0.15) is 0 Å². The summed E-state index contributed by atoms with van der Waals surface area (Å²) < 4.78 is 5.27. The SMILES string of the molecule is COc1ccc(N)cc1C(=O)N(CC(C)C)C1CC1. The monoisotopic (exact) mass is 262 g/mol. The van der Waals surface area contributed by atoms with Crippen LogP contribution in [0.1, 0.15) is 37.0 Å². The van der Waals surface area contributed by atoms with Crippen LogP contribution in [0, 0.1) is 5.92 Å². The summed E-state index contributed by atoms with van der Waals surface area (Å²) in [5.41, 5.74) is 6.94. The molecule has 0 radical (unpaired) electrons. The summed E-state index contributed by atoms with van der Waals surface area (Å²) >= 11 is 0. The van der Waals surface area contributed by atoms with E-state index in [1.165, 1.54) is 0 Å². The number of rotatable bonds is 5. The predicted molar refractivity (Wildman–Crippen MR) is 76.3 cm³/mol. The highest BCUT2D eigenvalue weighted by atomic mass is 16.5. The number of carbonyl (C=O) groups excluding carboxylic acids is 1. The molecule has 1 saturated carbocycles. The Kier molecular flexibility index (Phi) is 3.98. The third-order valence-corrected chi connectivity index (χ3v) is 3.26. The van der Waals surface area contributed by atoms with E-state index >= 15 is 0 Å². The summed E-state index contributed by atoms with van der Waals surface area (Å²) in [5, 5.41) is 0. The number of nitrogen functional groups attached to an aromatic ring is 1. The lowest BCUT2D eigenvalue weighted by molar-refractivity contribution is 0.0719. The topological polar surface area (TPSA) is 55.6 Å². The van der Waals surface area contributed by atoms with E-state index in [9.17, 15) is 4.79 Å². The number of amides is 1. The Morgan fingerprint density at radius 1 is 1.47 bits per heavy atom. The van der Waals surface area contributed by atoms with E-state index in [0.29, 0.717) is 29.0 Å². The second-order valence-electron chi connectivity index (χ2n) is 5.54. The van der Waals surface area contributed by atoms with Crippen LogP contribution in [0.3, 0.4) is 0 Å². The Morgan fingerprint density at radius 2 is 2.16 bits per heavy atom. The number of hydrogen-bond donors (Lipinski definition) is 1. The van der Waals surface area contributed by atoms with Crippen molar-refractivity contribution in [3.05, 3.63) is 23.8 Å². The van der Waals surface area contributed by atoms with Gasteiger partial charge in [-0.05, 0) is 37.0 Å². The van der Waals surface area contributed by atoms with Crippen LogP contribution < -0.4 is 10.5 Å². The molecule has 1 aromatic carbocycles. The molecule has 0 spiro atoms. The Balaban J connectivity index is 2.28. The molecule has 0 saturated heterocycles. The zero-order valence-electron chi connectivity index (χ0n) is 11.8. The molecule has 1 amide bonds. The number of nitrogens with two attached hydrogens (primary N) is 1. The molecule has 0 atom stereocenters. The van der Waals surface area contributed by atoms with Crippen molar-refractivity contribution < 1.29 is 9.53 Å². The van der Waals surface area contributed by atoms with E-state index in [0.717, 1.165) is 19.4 Å². The molecular weight excluding hydrogens is 240 g/mol. The minimum Gasteiger partial charge on any atom is -0.496 e. The standard InChI is InChI=1S/C15H22N2O2/c1-10(2)9-17(12-5-6-12)15(18)13-8-11(16)4-7-14(13)19-3/h4,7-8,10,12H,5-6,9,16H2,1-3H3. The van der Waals surface area contributed by atoms with Crippen LogP contribution in [0.4, 0.5) is 5.69 Å². The molecule has 4 heteroatoms. The van der Waals surface area contributed by atoms with E-state index in [4.69, 9.17) is 10.5 Å². The number of benzene rings is 1. The van der Waals surface area contributed by atoms with E-state index < -0.39 is 0 Å². The first-order valence-corrected chi connectivity index (χ1v) is 6.77. The quantitative estimate of drug-likeness (QED) is 0.830. The van der Waals surface area contributed by atoms with Crippen LogP contribution in [0.25, 0.3) is 0 Å². The minimum absolute atomic E-state index is 0.0281. The molecule has 0 bridgehead atoms. The summed E-state index contributed by atoms with van der Waals surface area (Å²) in [7, 11) is 1.58. The molecular formula is C15H22N2O2. The molecule has 1 aromatic rings. The van der Waals surface area contributed by atoms with Crippen molar-refractivity contribution in [1.82, 2.24) is 4.90 Å². The van der Waals surface area contributed by atoms with E-state index in [1.807, 2.05) is 4.90 Å². The van der Waals surface area contributed by atoms with Gasteiger partial charge in [0.15, 0.2) is 0 Å². The van der Waals surface area contributed by atoms with Crippen LogP contribution in [0.15, 0.2) is 18.2 Å². The Hall–Kier alpha value is -1.71. The fourth-order valence-electron chi connectivity index (χ4n) is 2.22. The fourth-order valence-corrected chi connectivity index (χ4v) is 2.22. The minimum atomic E-state index is 0.0281. The lowest BCUT2D eigenvalue weighted by Gasteiger charge is -2.25. The van der Waals surface area contributed by atoms with Crippen molar-refractivity contribution in [2.75, 3.05) is 19.4 Å². The van der Waals surface area contributed by atoms with Gasteiger partial charge >= 0.3 is 0 Å². The average molecular weight is 262 g/mol. The zero-order chi connectivity index (χ0) is 14.0. The van der Waals surface area contributed by atoms with Gasteiger partial charge < -0.3 is 15.4 Å². The molecule has 4 nitrogen and oxygen atoms in total. The highest BCUT2D eigenvalue weighted by molar-refractivity contribution is 5.98. The molecule has 104 valence electrons. The van der Waals surface area contributed by atoms with Gasteiger partial charge in [-0.3, -0.25) is 4.79 Å². The van der Waals surface area contributed by atoms with E-state index in [1.54, 1.807) is 25.3 Å². The molecule has 2 N–H and O–H groups in total. The van der Waals surface area contributed by atoms with Crippen molar-refractivity contribution in [2.24, 2.45) is 5.92 Å². The smallest absolute Gasteiger partial charge is 0.257 e. The summed E-state index contributed by atoms with van der Waals surface area (Å²) in [6.07, 6.45) is 2.20. The second kappa shape index (κ2) is 5.51. The maximum absolute atomic E-state index is 12.7. The summed E-state index contributed by atoms with van der Waals surface area (Å²) in [6.45, 7) is 5.03. The molecule has 0 aromatic heterocycles. The lowest BCUT2D eigenvalue weighted by Crippen LogP contribution is -2.36. The van der Waals surface area contributed by atoms with E-state index in [-0.39, 0.29) is 5.91 Å². The third kappa shape index (κ3) is 3.19. The molecule has 0 heterocycles. The van der Waals surface area contributed by atoms with Crippen LogP contribution in [0.2, 0.25) is 0 Å². The predicted octanol–water partition coefficient (Wildman–Crippen LogP) is 2.54. The molecule has 19 heavy (non-hydrogen) atoms. The third-order valence-electron chi connectivity index (χ3n) is 3.26. The van der Waals surface area contributed by atoms with Gasteiger partial charge in [0.05, 0.1) is 12.7 Å². The normalized spacial score (nSPS) is 14.5. The Labute approximate surface area is 114 Å². The fraction of sp³-hybridized carbons (Fsp3) is 0.533. The molecule has 1 aliphatic rings. The maximum Gasteiger partial charge on any atom is 0.257 e. The van der Waals surface area contributed by atoms with Crippen LogP contribution in [0.5, 0.6) is 5.75 Å². The molecule has 1 aliphatic carbocycles. The number of hydrogen-bond acceptors (Lipinski definition) is 3. The summed E-state index contributed by atoms with van der Waals surface area (Å²) in [5.74, 6) is 1.07. The highest BCUT2D eigenvalue weighted by Gasteiger charge is 2.34. The van der Waals surface area contributed by atoms with Gasteiger partial charge in [0.25, 0.3) is 5.91 Å². The zero-order valence-corrected chi connectivity index (χ0v) is 11.8. The molecule has 1 fully saturated rings. The van der Waals surface area contributed by atoms with Gasteiger partial charge in [-0.25, -0.2) is 0 Å². The maximum atomic E-state index is 12.7. The lowest BCUT2D eigenvalue weighted by atomic mass is 10.1. The number of nitrogens with zero attached hydrogens (tertiary/aromatic N) is 1. The first-order valence-electron chi connectivity index (χ1n) is 6.77. The van der Waals surface area contributed by atoms with Gasteiger partial charge in [0.1, 0.15) is 5.75 Å².